The molecule has 3 amide bonds. The molecule has 0 rings (SSSR count). The van der Waals surface area contributed by atoms with Crippen molar-refractivity contribution in [2.75, 3.05) is 12.3 Å². The molecule has 0 heterocycles. The van der Waals surface area contributed by atoms with E-state index in [1.165, 1.54) is 6.92 Å². The molecule has 0 saturated carbocycles. The Morgan fingerprint density at radius 1 is 0.968 bits per heavy atom. The molecule has 9 N–H and O–H groups in total. The maximum atomic E-state index is 12.8. The summed E-state index contributed by atoms with van der Waals surface area (Å²) >= 11 is 3.96. The summed E-state index contributed by atoms with van der Waals surface area (Å²) in [5, 5.41) is 26.7. The van der Waals surface area contributed by atoms with Gasteiger partial charge >= 0.3 is 5.97 Å². The highest BCUT2D eigenvalue weighted by Crippen LogP contribution is 2.09. The number of carbonyl (C=O) groups excluding carboxylic acids is 3. The van der Waals surface area contributed by atoms with Crippen molar-refractivity contribution in [2.45, 2.75) is 76.7 Å². The van der Waals surface area contributed by atoms with Crippen molar-refractivity contribution in [3.05, 3.63) is 0 Å². The summed E-state index contributed by atoms with van der Waals surface area (Å²) in [5.41, 5.74) is 11.1. The first-order chi connectivity index (χ1) is 14.5. The van der Waals surface area contributed by atoms with E-state index in [1.54, 1.807) is 13.8 Å². The Hall–Kier alpha value is -1.89. The first-order valence-electron chi connectivity index (χ1n) is 10.4. The average Bonchev–Trinajstić information content (AvgIpc) is 2.72. The third kappa shape index (κ3) is 10.3. The normalized spacial score (nSPS) is 16.9. The molecule has 0 saturated heterocycles. The Morgan fingerprint density at radius 3 is 2.00 bits per heavy atom. The molecule has 11 nitrogen and oxygen atoms in total. The van der Waals surface area contributed by atoms with E-state index in [0.717, 1.165) is 0 Å². The molecule has 0 aliphatic heterocycles. The van der Waals surface area contributed by atoms with Crippen molar-refractivity contribution in [3.63, 3.8) is 0 Å². The van der Waals surface area contributed by atoms with Crippen LogP contribution in [0.25, 0.3) is 0 Å². The molecule has 6 atom stereocenters. The quantitative estimate of drug-likeness (QED) is 0.104. The second kappa shape index (κ2) is 15.0. The lowest BCUT2D eigenvalue weighted by Crippen LogP contribution is -2.60. The molecule has 0 aliphatic carbocycles. The number of hydrogen-bond acceptors (Lipinski definition) is 8. The van der Waals surface area contributed by atoms with E-state index in [1.807, 2.05) is 0 Å². The van der Waals surface area contributed by atoms with E-state index in [9.17, 15) is 29.4 Å². The third-order valence-corrected chi connectivity index (χ3v) is 5.35. The first kappa shape index (κ1) is 29.1. The van der Waals surface area contributed by atoms with Crippen LogP contribution in [0.15, 0.2) is 0 Å². The second-order valence-electron chi connectivity index (χ2n) is 7.57. The zero-order valence-corrected chi connectivity index (χ0v) is 19.2. The van der Waals surface area contributed by atoms with Crippen LogP contribution in [0, 0.1) is 5.92 Å². The minimum absolute atomic E-state index is 0.0772. The topological polar surface area (TPSA) is 197 Å². The van der Waals surface area contributed by atoms with Gasteiger partial charge in [-0.05, 0) is 38.6 Å². The van der Waals surface area contributed by atoms with Crippen LogP contribution >= 0.6 is 12.6 Å². The summed E-state index contributed by atoms with van der Waals surface area (Å²) in [4.78, 5) is 49.0. The van der Waals surface area contributed by atoms with Gasteiger partial charge in [-0.1, -0.05) is 20.3 Å². The lowest BCUT2D eigenvalue weighted by Gasteiger charge is -2.27. The number of aliphatic hydroxyl groups excluding tert-OH is 1. The van der Waals surface area contributed by atoms with Crippen LogP contribution in [0.2, 0.25) is 0 Å². The Labute approximate surface area is 188 Å². The Balaban J connectivity index is 5.40. The summed E-state index contributed by atoms with van der Waals surface area (Å²) in [6.07, 6.45) is 0.589. The van der Waals surface area contributed by atoms with Crippen molar-refractivity contribution in [2.24, 2.45) is 17.4 Å². The minimum Gasteiger partial charge on any atom is -0.480 e. The molecule has 0 fully saturated rings. The fourth-order valence-corrected chi connectivity index (χ4v) is 2.87. The average molecular weight is 464 g/mol. The molecule has 0 radical (unpaired) electrons. The standard InChI is InChI=1S/C19H37N5O6S/c1-4-10(2)14(19(29)30)23-18(28)15(11(3)25)24-17(27)13(7-5-6-8-20)22-16(26)12(21)9-31/h10-15,25,31H,4-9,20-21H2,1-3H3,(H,22,26)(H,23,28)(H,24,27)(H,29,30). The monoisotopic (exact) mass is 463 g/mol. The van der Waals surface area contributed by atoms with Crippen molar-refractivity contribution in [1.82, 2.24) is 16.0 Å². The number of carboxylic acid groups (broad SMARTS) is 1. The zero-order valence-electron chi connectivity index (χ0n) is 18.3. The summed E-state index contributed by atoms with van der Waals surface area (Å²) in [6.45, 7) is 5.15. The molecular weight excluding hydrogens is 426 g/mol. The number of nitrogens with one attached hydrogen (secondary N) is 3. The van der Waals surface area contributed by atoms with Gasteiger partial charge in [-0.3, -0.25) is 14.4 Å². The number of aliphatic carboxylic acids is 1. The molecule has 0 aromatic rings. The van der Waals surface area contributed by atoms with E-state index >= 15 is 0 Å². The Kier molecular flexibility index (Phi) is 14.1. The Morgan fingerprint density at radius 2 is 1.55 bits per heavy atom. The number of amides is 3. The van der Waals surface area contributed by atoms with Gasteiger partial charge in [0.25, 0.3) is 0 Å². The van der Waals surface area contributed by atoms with Crippen molar-refractivity contribution in [3.8, 4) is 0 Å². The van der Waals surface area contributed by atoms with Gasteiger partial charge in [-0.15, -0.1) is 0 Å². The van der Waals surface area contributed by atoms with E-state index in [0.29, 0.717) is 25.8 Å². The SMILES string of the molecule is CCC(C)C(NC(=O)C(NC(=O)C(CCCCN)NC(=O)C(N)CS)C(C)O)C(=O)O. The third-order valence-electron chi connectivity index (χ3n) is 4.95. The number of aliphatic hydroxyl groups is 1. The number of thiol groups is 1. The van der Waals surface area contributed by atoms with Gasteiger partial charge in [-0.2, -0.15) is 12.6 Å². The van der Waals surface area contributed by atoms with Crippen molar-refractivity contribution < 1.29 is 29.4 Å². The summed E-state index contributed by atoms with van der Waals surface area (Å²) in [6, 6.07) is -4.52. The van der Waals surface area contributed by atoms with Crippen LogP contribution in [0.1, 0.15) is 46.5 Å². The van der Waals surface area contributed by atoms with Crippen LogP contribution in [-0.2, 0) is 19.2 Å². The molecule has 0 aromatic carbocycles. The maximum absolute atomic E-state index is 12.8. The van der Waals surface area contributed by atoms with Gasteiger partial charge in [-0.25, -0.2) is 4.79 Å². The number of carbonyl (C=O) groups is 4. The predicted octanol–water partition coefficient (Wildman–Crippen LogP) is -1.66. The molecule has 0 spiro atoms. The van der Waals surface area contributed by atoms with Gasteiger partial charge in [0.15, 0.2) is 0 Å². The summed E-state index contributed by atoms with van der Waals surface area (Å²) < 4.78 is 0. The highest BCUT2D eigenvalue weighted by atomic mass is 32.1. The van der Waals surface area contributed by atoms with E-state index in [-0.39, 0.29) is 18.1 Å². The lowest BCUT2D eigenvalue weighted by molar-refractivity contribution is -0.144. The predicted molar refractivity (Wildman–Crippen MR) is 119 cm³/mol. The molecule has 0 bridgehead atoms. The van der Waals surface area contributed by atoms with Crippen molar-refractivity contribution >= 4 is 36.3 Å². The fourth-order valence-electron chi connectivity index (χ4n) is 2.71. The van der Waals surface area contributed by atoms with Crippen LogP contribution in [0.3, 0.4) is 0 Å². The Bertz CT molecular complexity index is 606. The lowest BCUT2D eigenvalue weighted by atomic mass is 9.98. The smallest absolute Gasteiger partial charge is 0.326 e. The summed E-state index contributed by atoms with van der Waals surface area (Å²) in [5.74, 6) is -3.62. The molecule has 6 unspecified atom stereocenters. The number of rotatable bonds is 15. The molecule has 0 aromatic heterocycles. The van der Waals surface area contributed by atoms with Crippen LogP contribution in [0.5, 0.6) is 0 Å². The highest BCUT2D eigenvalue weighted by molar-refractivity contribution is 7.80. The largest absolute Gasteiger partial charge is 0.480 e. The van der Waals surface area contributed by atoms with Crippen molar-refractivity contribution in [1.29, 1.82) is 0 Å². The molecular formula is C19H37N5O6S. The van der Waals surface area contributed by atoms with Crippen LogP contribution in [0.4, 0.5) is 0 Å². The number of hydrogen-bond donors (Lipinski definition) is 8. The zero-order chi connectivity index (χ0) is 24.1. The molecule has 180 valence electrons. The fraction of sp³-hybridized carbons (Fsp3) is 0.789. The van der Waals surface area contributed by atoms with E-state index < -0.39 is 54.0 Å². The van der Waals surface area contributed by atoms with Gasteiger partial charge in [0.2, 0.25) is 17.7 Å². The number of nitrogens with two attached hydrogens (primary N) is 2. The molecule has 0 aliphatic rings. The van der Waals surface area contributed by atoms with Gasteiger partial charge in [0.1, 0.15) is 18.1 Å². The van der Waals surface area contributed by atoms with E-state index in [4.69, 9.17) is 11.5 Å². The molecule has 31 heavy (non-hydrogen) atoms. The van der Waals surface area contributed by atoms with Crippen LogP contribution < -0.4 is 27.4 Å². The molecule has 12 heteroatoms. The number of unbranched alkanes of at least 4 members (excludes halogenated alkanes) is 1. The summed E-state index contributed by atoms with van der Waals surface area (Å²) in [7, 11) is 0. The van der Waals surface area contributed by atoms with E-state index in [2.05, 4.69) is 28.6 Å². The van der Waals surface area contributed by atoms with Gasteiger partial charge in [0.05, 0.1) is 12.1 Å². The first-order valence-corrected chi connectivity index (χ1v) is 11.0. The highest BCUT2D eigenvalue weighted by Gasteiger charge is 2.33. The van der Waals surface area contributed by atoms with Crippen LogP contribution in [-0.4, -0.2) is 76.5 Å². The number of carboxylic acids is 1. The second-order valence-corrected chi connectivity index (χ2v) is 7.94. The van der Waals surface area contributed by atoms with Gasteiger partial charge < -0.3 is 37.6 Å². The minimum atomic E-state index is -1.41. The van der Waals surface area contributed by atoms with Gasteiger partial charge in [0, 0.05) is 5.75 Å². The maximum Gasteiger partial charge on any atom is 0.326 e.